The van der Waals surface area contributed by atoms with Crippen LogP contribution < -0.4 is 0 Å². The molecule has 2 aliphatic heterocycles. The predicted octanol–water partition coefficient (Wildman–Crippen LogP) is 1.35. The summed E-state index contributed by atoms with van der Waals surface area (Å²) in [4.78, 5) is 11.6. The van der Waals surface area contributed by atoms with E-state index in [1.165, 1.54) is 6.08 Å². The average molecular weight is 302 g/mol. The van der Waals surface area contributed by atoms with Crippen molar-refractivity contribution in [3.05, 3.63) is 24.0 Å². The van der Waals surface area contributed by atoms with E-state index in [2.05, 4.69) is 0 Å². The third-order valence-corrected chi connectivity index (χ3v) is 4.16. The minimum Gasteiger partial charge on any atom is -0.400 e. The second kappa shape index (κ2) is 5.79. The van der Waals surface area contributed by atoms with Gasteiger partial charge in [-0.05, 0) is 6.08 Å². The van der Waals surface area contributed by atoms with Gasteiger partial charge in [-0.15, -0.1) is 0 Å². The van der Waals surface area contributed by atoms with Crippen molar-refractivity contribution in [2.45, 2.75) is 18.6 Å². The summed E-state index contributed by atoms with van der Waals surface area (Å²) in [6, 6.07) is 0. The van der Waals surface area contributed by atoms with Crippen LogP contribution in [0.1, 0.15) is 6.42 Å². The van der Waals surface area contributed by atoms with E-state index in [-0.39, 0.29) is 43.4 Å². The first-order valence-corrected chi connectivity index (χ1v) is 7.83. The standard InChI is InChI=1S/C12H15O7P/c13-11-3-1-2-4-12(11)19-20(14,17-7-9-5-15-9)18-8-10-6-16-10/h1-2,4,9-10H,3,5-8H2. The molecular formula is C12H15O7P. The number of rotatable bonds is 8. The van der Waals surface area contributed by atoms with Crippen LogP contribution in [-0.4, -0.2) is 44.4 Å². The van der Waals surface area contributed by atoms with Crippen LogP contribution in [0.5, 0.6) is 0 Å². The van der Waals surface area contributed by atoms with E-state index in [1.54, 1.807) is 12.2 Å². The van der Waals surface area contributed by atoms with Crippen molar-refractivity contribution in [3.8, 4) is 0 Å². The Morgan fingerprint density at radius 3 is 2.30 bits per heavy atom. The number of carbonyl (C=O) groups excluding carboxylic acids is 1. The summed E-state index contributed by atoms with van der Waals surface area (Å²) in [7, 11) is -3.84. The SMILES string of the molecule is O=C1CC=CC=C1OP(=O)(OCC1CO1)OCC1CO1. The highest BCUT2D eigenvalue weighted by molar-refractivity contribution is 7.48. The highest BCUT2D eigenvalue weighted by Gasteiger charge is 2.37. The van der Waals surface area contributed by atoms with Gasteiger partial charge in [0.1, 0.15) is 12.2 Å². The molecule has 2 fully saturated rings. The first-order chi connectivity index (χ1) is 9.65. The molecule has 3 aliphatic rings. The molecular weight excluding hydrogens is 287 g/mol. The van der Waals surface area contributed by atoms with E-state index >= 15 is 0 Å². The van der Waals surface area contributed by atoms with E-state index in [9.17, 15) is 9.36 Å². The number of hydrogen-bond acceptors (Lipinski definition) is 7. The van der Waals surface area contributed by atoms with Crippen molar-refractivity contribution in [2.75, 3.05) is 26.4 Å². The molecule has 0 N–H and O–H groups in total. The lowest BCUT2D eigenvalue weighted by atomic mass is 10.1. The summed E-state index contributed by atoms with van der Waals surface area (Å²) < 4.78 is 38.1. The Balaban J connectivity index is 1.62. The molecule has 2 saturated heterocycles. The number of phosphoric acid groups is 1. The molecule has 3 rings (SSSR count). The van der Waals surface area contributed by atoms with Crippen molar-refractivity contribution in [1.29, 1.82) is 0 Å². The molecule has 0 aromatic carbocycles. The highest BCUT2D eigenvalue weighted by Crippen LogP contribution is 2.52. The maximum Gasteiger partial charge on any atom is 0.530 e. The lowest BCUT2D eigenvalue weighted by molar-refractivity contribution is -0.117. The first kappa shape index (κ1) is 14.0. The highest BCUT2D eigenvalue weighted by atomic mass is 31.2. The molecule has 0 aromatic heterocycles. The van der Waals surface area contributed by atoms with Crippen LogP contribution in [0.4, 0.5) is 0 Å². The molecule has 1 aliphatic carbocycles. The number of hydrogen-bond donors (Lipinski definition) is 0. The fraction of sp³-hybridized carbons (Fsp3) is 0.583. The molecule has 2 heterocycles. The lowest BCUT2D eigenvalue weighted by Gasteiger charge is -2.19. The molecule has 8 heteroatoms. The van der Waals surface area contributed by atoms with Crippen LogP contribution in [-0.2, 0) is 32.4 Å². The van der Waals surface area contributed by atoms with Gasteiger partial charge in [-0.3, -0.25) is 13.8 Å². The zero-order valence-corrected chi connectivity index (χ0v) is 11.6. The van der Waals surface area contributed by atoms with Crippen molar-refractivity contribution in [3.63, 3.8) is 0 Å². The van der Waals surface area contributed by atoms with E-state index in [1.807, 2.05) is 0 Å². The van der Waals surface area contributed by atoms with Crippen LogP contribution >= 0.6 is 7.82 Å². The number of Topliss-reactive ketones (excluding diaryl/α,β-unsaturated/α-hetero) is 1. The first-order valence-electron chi connectivity index (χ1n) is 6.36. The zero-order valence-electron chi connectivity index (χ0n) is 10.7. The Morgan fingerprint density at radius 2 is 1.80 bits per heavy atom. The second-order valence-corrected chi connectivity index (χ2v) is 6.22. The maximum atomic E-state index is 12.5. The average Bonchev–Trinajstić information content (AvgIpc) is 3.31. The molecule has 0 aromatic rings. The van der Waals surface area contributed by atoms with Gasteiger partial charge in [0.15, 0.2) is 5.76 Å². The van der Waals surface area contributed by atoms with Crippen molar-refractivity contribution in [1.82, 2.24) is 0 Å². The Bertz CT molecular complexity index is 470. The Kier molecular flexibility index (Phi) is 4.05. The molecule has 7 nitrogen and oxygen atoms in total. The lowest BCUT2D eigenvalue weighted by Crippen LogP contribution is -2.12. The monoisotopic (exact) mass is 302 g/mol. The van der Waals surface area contributed by atoms with Crippen LogP contribution in [0, 0.1) is 0 Å². The van der Waals surface area contributed by atoms with Crippen LogP contribution in [0.3, 0.4) is 0 Å². The summed E-state index contributed by atoms with van der Waals surface area (Å²) in [5.41, 5.74) is 0. The molecule has 2 unspecified atom stereocenters. The van der Waals surface area contributed by atoms with Gasteiger partial charge in [0, 0.05) is 6.42 Å². The number of phosphoric ester groups is 1. The third kappa shape index (κ3) is 4.01. The second-order valence-electron chi connectivity index (χ2n) is 4.63. The predicted molar refractivity (Wildman–Crippen MR) is 66.9 cm³/mol. The number of epoxide rings is 2. The van der Waals surface area contributed by atoms with Gasteiger partial charge in [-0.2, -0.15) is 0 Å². The van der Waals surface area contributed by atoms with E-state index < -0.39 is 7.82 Å². The molecule has 110 valence electrons. The minimum absolute atomic E-state index is 0.00994. The molecule has 0 amide bonds. The molecule has 0 spiro atoms. The fourth-order valence-corrected chi connectivity index (χ4v) is 2.77. The molecule has 2 atom stereocenters. The van der Waals surface area contributed by atoms with Gasteiger partial charge < -0.3 is 14.0 Å². The molecule has 0 bridgehead atoms. The van der Waals surface area contributed by atoms with Gasteiger partial charge in [-0.25, -0.2) is 4.57 Å². The Morgan fingerprint density at radius 1 is 1.20 bits per heavy atom. The topological polar surface area (TPSA) is 86.9 Å². The van der Waals surface area contributed by atoms with E-state index in [0.29, 0.717) is 13.2 Å². The molecule has 0 saturated carbocycles. The summed E-state index contributed by atoms with van der Waals surface area (Å²) in [6.45, 7) is 1.35. The quantitative estimate of drug-likeness (QED) is 0.494. The number of allylic oxidation sites excluding steroid dienone is 4. The largest absolute Gasteiger partial charge is 0.530 e. The van der Waals surface area contributed by atoms with Gasteiger partial charge >= 0.3 is 7.82 Å². The molecule has 0 radical (unpaired) electrons. The number of carbonyl (C=O) groups is 1. The van der Waals surface area contributed by atoms with E-state index in [4.69, 9.17) is 23.0 Å². The fourth-order valence-electron chi connectivity index (χ4n) is 1.49. The van der Waals surface area contributed by atoms with Crippen LogP contribution in [0.2, 0.25) is 0 Å². The van der Waals surface area contributed by atoms with Crippen molar-refractivity contribution in [2.24, 2.45) is 0 Å². The van der Waals surface area contributed by atoms with E-state index in [0.717, 1.165) is 0 Å². The Labute approximate surface area is 116 Å². The summed E-state index contributed by atoms with van der Waals surface area (Å²) in [6.07, 6.45) is 4.86. The van der Waals surface area contributed by atoms with Gasteiger partial charge in [0.2, 0.25) is 5.78 Å². The summed E-state index contributed by atoms with van der Waals surface area (Å²) in [5.74, 6) is -0.269. The normalized spacial score (nSPS) is 30.6. The third-order valence-electron chi connectivity index (χ3n) is 2.81. The van der Waals surface area contributed by atoms with Gasteiger partial charge in [-0.1, -0.05) is 12.2 Å². The minimum atomic E-state index is -3.84. The smallest absolute Gasteiger partial charge is 0.400 e. The van der Waals surface area contributed by atoms with Crippen LogP contribution in [0.25, 0.3) is 0 Å². The number of ketones is 1. The molecule has 20 heavy (non-hydrogen) atoms. The summed E-state index contributed by atoms with van der Waals surface area (Å²) >= 11 is 0. The van der Waals surface area contributed by atoms with Crippen LogP contribution in [0.15, 0.2) is 24.0 Å². The van der Waals surface area contributed by atoms with Crippen molar-refractivity contribution < 1.29 is 32.4 Å². The van der Waals surface area contributed by atoms with Gasteiger partial charge in [0.25, 0.3) is 0 Å². The Hall–Kier alpha value is -0.980. The van der Waals surface area contributed by atoms with Gasteiger partial charge in [0.05, 0.1) is 26.4 Å². The van der Waals surface area contributed by atoms with Crippen molar-refractivity contribution >= 4 is 13.6 Å². The maximum absolute atomic E-state index is 12.5. The zero-order chi connectivity index (χ0) is 14.0. The summed E-state index contributed by atoms with van der Waals surface area (Å²) in [5, 5.41) is 0. The number of ether oxygens (including phenoxy) is 2.